The number of carbonyl (C=O) groups is 1. The number of benzene rings is 2. The van der Waals surface area contributed by atoms with Crippen LogP contribution in [-0.4, -0.2) is 50.6 Å². The molecule has 1 saturated heterocycles. The number of anilines is 2. The Kier molecular flexibility index (Phi) is 5.92. The summed E-state index contributed by atoms with van der Waals surface area (Å²) in [5.41, 5.74) is 1.57. The normalized spacial score (nSPS) is 14.7. The highest BCUT2D eigenvalue weighted by molar-refractivity contribution is 6.31. The molecule has 0 bridgehead atoms. The van der Waals surface area contributed by atoms with E-state index in [1.807, 2.05) is 12.1 Å². The van der Waals surface area contributed by atoms with E-state index in [0.717, 1.165) is 37.3 Å². The molecule has 4 rings (SSSR count). The molecule has 8 heteroatoms. The molecule has 1 N–H and O–H groups in total. The van der Waals surface area contributed by atoms with Crippen molar-refractivity contribution in [3.05, 3.63) is 64.0 Å². The number of nitrogens with one attached hydrogen (secondary N) is 1. The van der Waals surface area contributed by atoms with Gasteiger partial charge < -0.3 is 24.3 Å². The molecule has 1 fully saturated rings. The minimum absolute atomic E-state index is 0.183. The Hall–Kier alpha value is -3.03. The summed E-state index contributed by atoms with van der Waals surface area (Å²) < 4.78 is 10.7. The number of rotatable bonds is 5. The van der Waals surface area contributed by atoms with Crippen LogP contribution in [0.1, 0.15) is 0 Å². The van der Waals surface area contributed by atoms with Gasteiger partial charge in [0.25, 0.3) is 5.91 Å². The molecule has 3 aromatic rings. The molecule has 0 aliphatic carbocycles. The number of piperazine rings is 1. The summed E-state index contributed by atoms with van der Waals surface area (Å²) in [4.78, 5) is 28.4. The molecule has 7 nitrogen and oxygen atoms in total. The van der Waals surface area contributed by atoms with Gasteiger partial charge in [-0.2, -0.15) is 0 Å². The van der Waals surface area contributed by atoms with Crippen LogP contribution in [0.25, 0.3) is 11.0 Å². The first-order chi connectivity index (χ1) is 14.5. The summed E-state index contributed by atoms with van der Waals surface area (Å²) in [6.07, 6.45) is 0. The smallest absolute Gasteiger partial charge is 0.336 e. The highest BCUT2D eigenvalue weighted by Crippen LogP contribution is 2.30. The van der Waals surface area contributed by atoms with E-state index in [-0.39, 0.29) is 12.5 Å². The Labute approximate surface area is 178 Å². The summed E-state index contributed by atoms with van der Waals surface area (Å²) in [7, 11) is 2.09. The van der Waals surface area contributed by atoms with Crippen LogP contribution < -0.4 is 20.6 Å². The average Bonchev–Trinajstić information content (AvgIpc) is 2.73. The number of likely N-dealkylation sites (N-methyl/N-ethyl adjacent to an activating group) is 1. The summed E-state index contributed by atoms with van der Waals surface area (Å²) in [6.45, 7) is 3.48. The standard InChI is InChI=1S/C22H22ClN3O4/c1-25-8-10-26(11-9-25)19-6-4-16(23)12-18(19)24-21(27)14-29-17-5-2-15-3-7-22(28)30-20(15)13-17/h2-7,12-13H,8-11,14H2,1H3,(H,24,27). The lowest BCUT2D eigenvalue weighted by Crippen LogP contribution is -2.44. The van der Waals surface area contributed by atoms with Crippen LogP contribution >= 0.6 is 11.6 Å². The first-order valence-corrected chi connectivity index (χ1v) is 10.1. The molecule has 1 amide bonds. The van der Waals surface area contributed by atoms with E-state index in [0.29, 0.717) is 22.0 Å². The van der Waals surface area contributed by atoms with Crippen molar-refractivity contribution in [2.45, 2.75) is 0 Å². The molecule has 156 valence electrons. The van der Waals surface area contributed by atoms with Gasteiger partial charge in [0.15, 0.2) is 6.61 Å². The molecule has 0 unspecified atom stereocenters. The van der Waals surface area contributed by atoms with E-state index in [2.05, 4.69) is 22.2 Å². The van der Waals surface area contributed by atoms with Crippen LogP contribution in [-0.2, 0) is 4.79 Å². The quantitative estimate of drug-likeness (QED) is 0.630. The number of amides is 1. The van der Waals surface area contributed by atoms with Crippen LogP contribution in [0.3, 0.4) is 0 Å². The number of fused-ring (bicyclic) bond motifs is 1. The molecule has 30 heavy (non-hydrogen) atoms. The van der Waals surface area contributed by atoms with Crippen molar-refractivity contribution in [1.82, 2.24) is 4.90 Å². The van der Waals surface area contributed by atoms with Crippen molar-refractivity contribution in [2.75, 3.05) is 50.1 Å². The van der Waals surface area contributed by atoms with Crippen LogP contribution in [0.15, 0.2) is 57.7 Å². The SMILES string of the molecule is CN1CCN(c2ccc(Cl)cc2NC(=O)COc2ccc3ccc(=O)oc3c2)CC1. The van der Waals surface area contributed by atoms with Gasteiger partial charge in [0.1, 0.15) is 11.3 Å². The van der Waals surface area contributed by atoms with Gasteiger partial charge in [-0.3, -0.25) is 4.79 Å². The highest BCUT2D eigenvalue weighted by Gasteiger charge is 2.18. The first-order valence-electron chi connectivity index (χ1n) is 9.67. The van der Waals surface area contributed by atoms with Gasteiger partial charge in [0.2, 0.25) is 0 Å². The summed E-state index contributed by atoms with van der Waals surface area (Å²) in [6, 6.07) is 13.6. The molecule has 1 aromatic heterocycles. The monoisotopic (exact) mass is 427 g/mol. The van der Waals surface area contributed by atoms with Gasteiger partial charge in [0, 0.05) is 48.7 Å². The van der Waals surface area contributed by atoms with E-state index in [9.17, 15) is 9.59 Å². The molecular formula is C22H22ClN3O4. The molecule has 2 aromatic carbocycles. The minimum atomic E-state index is -0.435. The number of hydrogen-bond acceptors (Lipinski definition) is 6. The van der Waals surface area contributed by atoms with Crippen LogP contribution in [0.5, 0.6) is 5.75 Å². The zero-order valence-corrected chi connectivity index (χ0v) is 17.3. The third-order valence-corrected chi connectivity index (χ3v) is 5.28. The largest absolute Gasteiger partial charge is 0.484 e. The number of halogens is 1. The molecule has 2 heterocycles. The van der Waals surface area contributed by atoms with E-state index in [4.69, 9.17) is 20.8 Å². The fourth-order valence-electron chi connectivity index (χ4n) is 3.40. The van der Waals surface area contributed by atoms with Crippen LogP contribution in [0.4, 0.5) is 11.4 Å². The maximum atomic E-state index is 12.5. The lowest BCUT2D eigenvalue weighted by atomic mass is 10.2. The Balaban J connectivity index is 1.44. The van der Waals surface area contributed by atoms with E-state index in [1.54, 1.807) is 30.3 Å². The molecule has 1 aliphatic rings. The fourth-order valence-corrected chi connectivity index (χ4v) is 3.57. The zero-order chi connectivity index (χ0) is 21.1. The minimum Gasteiger partial charge on any atom is -0.484 e. The van der Waals surface area contributed by atoms with Gasteiger partial charge in [-0.1, -0.05) is 11.6 Å². The van der Waals surface area contributed by atoms with Gasteiger partial charge in [0.05, 0.1) is 11.4 Å². The molecule has 0 saturated carbocycles. The topological polar surface area (TPSA) is 75.0 Å². The van der Waals surface area contributed by atoms with Gasteiger partial charge in [-0.15, -0.1) is 0 Å². The highest BCUT2D eigenvalue weighted by atomic mass is 35.5. The van der Waals surface area contributed by atoms with Gasteiger partial charge in [-0.05, 0) is 43.4 Å². The molecule has 0 spiro atoms. The first kappa shape index (κ1) is 20.3. The Morgan fingerprint density at radius 3 is 2.67 bits per heavy atom. The van der Waals surface area contributed by atoms with Crippen molar-refractivity contribution < 1.29 is 13.9 Å². The van der Waals surface area contributed by atoms with Crippen LogP contribution in [0.2, 0.25) is 5.02 Å². The second-order valence-corrected chi connectivity index (χ2v) is 7.68. The molecular weight excluding hydrogens is 406 g/mol. The summed E-state index contributed by atoms with van der Waals surface area (Å²) >= 11 is 6.16. The van der Waals surface area contributed by atoms with Crippen LogP contribution in [0, 0.1) is 0 Å². The lowest BCUT2D eigenvalue weighted by Gasteiger charge is -2.35. The second-order valence-electron chi connectivity index (χ2n) is 7.24. The maximum absolute atomic E-state index is 12.5. The third-order valence-electron chi connectivity index (χ3n) is 5.04. The van der Waals surface area contributed by atoms with Crippen molar-refractivity contribution in [3.63, 3.8) is 0 Å². The van der Waals surface area contributed by atoms with E-state index in [1.165, 1.54) is 6.07 Å². The number of ether oxygens (including phenoxy) is 1. The second kappa shape index (κ2) is 8.77. The number of carbonyl (C=O) groups excluding carboxylic acids is 1. The van der Waals surface area contributed by atoms with Gasteiger partial charge >= 0.3 is 5.63 Å². The van der Waals surface area contributed by atoms with Gasteiger partial charge in [-0.25, -0.2) is 4.79 Å². The summed E-state index contributed by atoms with van der Waals surface area (Å²) in [5, 5.41) is 4.23. The Bertz CT molecular complexity index is 1120. The average molecular weight is 428 g/mol. The summed E-state index contributed by atoms with van der Waals surface area (Å²) in [5.74, 6) is 0.139. The van der Waals surface area contributed by atoms with E-state index < -0.39 is 5.63 Å². The number of hydrogen-bond donors (Lipinski definition) is 1. The van der Waals surface area contributed by atoms with Crippen molar-refractivity contribution in [1.29, 1.82) is 0 Å². The van der Waals surface area contributed by atoms with Crippen molar-refractivity contribution in [2.24, 2.45) is 0 Å². The van der Waals surface area contributed by atoms with Crippen molar-refractivity contribution >= 4 is 39.9 Å². The zero-order valence-electron chi connectivity index (χ0n) is 16.6. The van der Waals surface area contributed by atoms with Crippen molar-refractivity contribution in [3.8, 4) is 5.75 Å². The predicted octanol–water partition coefficient (Wildman–Crippen LogP) is 3.22. The molecule has 1 aliphatic heterocycles. The Morgan fingerprint density at radius 2 is 1.87 bits per heavy atom. The number of nitrogens with zero attached hydrogens (tertiary/aromatic N) is 2. The fraction of sp³-hybridized carbons (Fsp3) is 0.273. The Morgan fingerprint density at radius 1 is 1.10 bits per heavy atom. The molecule has 0 radical (unpaired) electrons. The third kappa shape index (κ3) is 4.75. The lowest BCUT2D eigenvalue weighted by molar-refractivity contribution is -0.118. The predicted molar refractivity (Wildman–Crippen MR) is 118 cm³/mol. The maximum Gasteiger partial charge on any atom is 0.336 e. The van der Waals surface area contributed by atoms with E-state index >= 15 is 0 Å². The molecule has 0 atom stereocenters.